The quantitative estimate of drug-likeness (QED) is 0.346. The molecule has 1 aromatic heterocycles. The lowest BCUT2D eigenvalue weighted by Gasteiger charge is -2.33. The maximum atomic E-state index is 13.4. The minimum Gasteiger partial charge on any atom is -0.399 e. The summed E-state index contributed by atoms with van der Waals surface area (Å²) in [5.74, 6) is 0.114. The molecule has 1 saturated heterocycles. The van der Waals surface area contributed by atoms with Gasteiger partial charge in [0.25, 0.3) is 0 Å². The lowest BCUT2D eigenvalue weighted by atomic mass is 10.0. The molecule has 14 heteroatoms. The molecule has 2 aliphatic rings. The Morgan fingerprint density at radius 3 is 2.71 bits per heavy atom. The van der Waals surface area contributed by atoms with Crippen LogP contribution in [0.5, 0.6) is 0 Å². The van der Waals surface area contributed by atoms with E-state index in [0.29, 0.717) is 25.2 Å². The molecule has 2 aromatic rings. The number of nitrogens with one attached hydrogen (secondary N) is 3. The highest BCUT2D eigenvalue weighted by Crippen LogP contribution is 2.37. The van der Waals surface area contributed by atoms with Crippen molar-refractivity contribution in [3.63, 3.8) is 0 Å². The first-order valence-electron chi connectivity index (χ1n) is 10.6. The SMILES string of the molecule is C[C@@H](Nc1nc(Cl)nc2c1C(S(=O)(=O)C1CNCCO1)NCC2)c1cc(N)cc(C(F)(F)F)c1. The molecule has 0 saturated carbocycles. The van der Waals surface area contributed by atoms with Gasteiger partial charge in [-0.15, -0.1) is 0 Å². The van der Waals surface area contributed by atoms with Gasteiger partial charge in [-0.05, 0) is 42.3 Å². The van der Waals surface area contributed by atoms with E-state index < -0.39 is 38.4 Å². The van der Waals surface area contributed by atoms with Gasteiger partial charge in [0.05, 0.1) is 23.9 Å². The molecule has 0 spiro atoms. The van der Waals surface area contributed by atoms with E-state index in [1.165, 1.54) is 6.07 Å². The number of ether oxygens (including phenoxy) is 1. The molecule has 0 amide bonds. The first-order valence-corrected chi connectivity index (χ1v) is 12.5. The first-order chi connectivity index (χ1) is 16.0. The predicted molar refractivity (Wildman–Crippen MR) is 121 cm³/mol. The summed E-state index contributed by atoms with van der Waals surface area (Å²) in [6.07, 6.45) is -4.18. The van der Waals surface area contributed by atoms with Crippen molar-refractivity contribution in [2.24, 2.45) is 0 Å². The van der Waals surface area contributed by atoms with Crippen molar-refractivity contribution in [3.8, 4) is 0 Å². The highest BCUT2D eigenvalue weighted by atomic mass is 35.5. The molecular weight excluding hydrogens is 497 g/mol. The normalized spacial score (nSPS) is 22.1. The smallest absolute Gasteiger partial charge is 0.399 e. The van der Waals surface area contributed by atoms with Crippen molar-refractivity contribution < 1.29 is 26.3 Å². The molecule has 3 atom stereocenters. The van der Waals surface area contributed by atoms with Gasteiger partial charge in [-0.25, -0.2) is 18.4 Å². The zero-order valence-corrected chi connectivity index (χ0v) is 19.7. The molecule has 9 nitrogen and oxygen atoms in total. The number of halogens is 4. The van der Waals surface area contributed by atoms with Crippen molar-refractivity contribution in [3.05, 3.63) is 45.9 Å². The van der Waals surface area contributed by atoms with Gasteiger partial charge >= 0.3 is 6.18 Å². The van der Waals surface area contributed by atoms with Crippen LogP contribution in [0.2, 0.25) is 5.28 Å². The standard InChI is InChI=1S/C20H24ClF3N6O3S/c1-10(11-6-12(20(22,23)24)8-13(25)7-11)28-17-16-14(29-19(21)30-17)2-3-27-18(16)34(31,32)15-9-26-4-5-33-15/h6-8,10,15,18,26-27H,2-5,9,25H2,1H3,(H,28,29,30)/t10-,15?,18?/m1/s1. The molecule has 1 aromatic carbocycles. The van der Waals surface area contributed by atoms with Gasteiger partial charge in [0.1, 0.15) is 11.2 Å². The van der Waals surface area contributed by atoms with Crippen LogP contribution in [0.3, 0.4) is 0 Å². The molecule has 5 N–H and O–H groups in total. The van der Waals surface area contributed by atoms with Crippen LogP contribution in [0.4, 0.5) is 24.7 Å². The van der Waals surface area contributed by atoms with E-state index in [1.807, 2.05) is 0 Å². The van der Waals surface area contributed by atoms with Crippen molar-refractivity contribution in [2.45, 2.75) is 36.4 Å². The molecule has 34 heavy (non-hydrogen) atoms. The van der Waals surface area contributed by atoms with Crippen LogP contribution < -0.4 is 21.7 Å². The van der Waals surface area contributed by atoms with Gasteiger partial charge in [0.2, 0.25) is 5.28 Å². The molecule has 2 aliphatic heterocycles. The zero-order chi connectivity index (χ0) is 24.7. The van der Waals surface area contributed by atoms with Gasteiger partial charge in [-0.3, -0.25) is 5.32 Å². The molecule has 4 rings (SSSR count). The third kappa shape index (κ3) is 5.08. The Labute approximate surface area is 199 Å². The highest BCUT2D eigenvalue weighted by molar-refractivity contribution is 7.92. The number of benzene rings is 1. The summed E-state index contributed by atoms with van der Waals surface area (Å²) in [7, 11) is -3.89. The molecule has 0 radical (unpaired) electrons. The van der Waals surface area contributed by atoms with Gasteiger partial charge in [-0.1, -0.05) is 0 Å². The Balaban J connectivity index is 1.72. The Bertz CT molecular complexity index is 1170. The Morgan fingerprint density at radius 1 is 1.26 bits per heavy atom. The number of sulfone groups is 1. The summed E-state index contributed by atoms with van der Waals surface area (Å²) in [5.41, 5.74) is 4.65. The number of anilines is 2. The lowest BCUT2D eigenvalue weighted by Crippen LogP contribution is -2.48. The second-order valence-corrected chi connectivity index (χ2v) is 10.6. The number of nitrogen functional groups attached to an aromatic ring is 1. The number of hydrogen-bond acceptors (Lipinski definition) is 9. The van der Waals surface area contributed by atoms with Crippen LogP contribution in [0.1, 0.15) is 40.7 Å². The Hall–Kier alpha value is -2.19. The van der Waals surface area contributed by atoms with Gasteiger partial charge in [0.15, 0.2) is 15.3 Å². The monoisotopic (exact) mass is 520 g/mol. The predicted octanol–water partition coefficient (Wildman–Crippen LogP) is 2.41. The largest absolute Gasteiger partial charge is 0.416 e. The third-order valence-corrected chi connectivity index (χ3v) is 7.96. The second kappa shape index (κ2) is 9.46. The fourth-order valence-corrected chi connectivity index (χ4v) is 6.10. The van der Waals surface area contributed by atoms with E-state index in [9.17, 15) is 21.6 Å². The van der Waals surface area contributed by atoms with E-state index in [4.69, 9.17) is 22.1 Å². The lowest BCUT2D eigenvalue weighted by molar-refractivity contribution is -0.137. The number of nitrogens with zero attached hydrogens (tertiary/aromatic N) is 2. The van der Waals surface area contributed by atoms with Crippen LogP contribution in [0, 0.1) is 0 Å². The molecule has 1 fully saturated rings. The zero-order valence-electron chi connectivity index (χ0n) is 18.1. The minimum absolute atomic E-state index is 0.0507. The maximum Gasteiger partial charge on any atom is 0.416 e. The number of hydrogen-bond donors (Lipinski definition) is 4. The van der Waals surface area contributed by atoms with Crippen LogP contribution >= 0.6 is 11.6 Å². The van der Waals surface area contributed by atoms with Crippen molar-refractivity contribution in [1.82, 2.24) is 20.6 Å². The number of aromatic nitrogens is 2. The van der Waals surface area contributed by atoms with Crippen molar-refractivity contribution in [2.75, 3.05) is 37.3 Å². The topological polar surface area (TPSA) is 131 Å². The van der Waals surface area contributed by atoms with E-state index in [2.05, 4.69) is 25.9 Å². The summed E-state index contributed by atoms with van der Waals surface area (Å²) in [5, 5.41) is 7.73. The summed E-state index contributed by atoms with van der Waals surface area (Å²) < 4.78 is 72.1. The minimum atomic E-state index is -4.57. The van der Waals surface area contributed by atoms with Crippen LogP contribution in [-0.4, -0.2) is 50.1 Å². The molecule has 186 valence electrons. The molecular formula is C20H24ClF3N6O3S. The van der Waals surface area contributed by atoms with E-state index in [0.717, 1.165) is 12.1 Å². The maximum absolute atomic E-state index is 13.4. The van der Waals surface area contributed by atoms with Crippen molar-refractivity contribution in [1.29, 1.82) is 0 Å². The number of alkyl halides is 3. The van der Waals surface area contributed by atoms with Crippen LogP contribution in [0.15, 0.2) is 18.2 Å². The first kappa shape index (κ1) is 24.9. The molecule has 2 unspecified atom stereocenters. The van der Waals surface area contributed by atoms with Crippen LogP contribution in [-0.2, 0) is 27.2 Å². The molecule has 3 heterocycles. The average molecular weight is 521 g/mol. The fraction of sp³-hybridized carbons (Fsp3) is 0.500. The summed E-state index contributed by atoms with van der Waals surface area (Å²) in [6, 6.07) is 2.54. The number of rotatable bonds is 5. The van der Waals surface area contributed by atoms with Gasteiger partial charge < -0.3 is 21.1 Å². The Kier molecular flexibility index (Phi) is 6.93. The molecule has 0 bridgehead atoms. The van der Waals surface area contributed by atoms with Crippen LogP contribution in [0.25, 0.3) is 0 Å². The number of fused-ring (bicyclic) bond motifs is 1. The summed E-state index contributed by atoms with van der Waals surface area (Å²) in [4.78, 5) is 8.39. The van der Waals surface area contributed by atoms with Crippen molar-refractivity contribution >= 4 is 32.9 Å². The second-order valence-electron chi connectivity index (χ2n) is 8.13. The summed E-state index contributed by atoms with van der Waals surface area (Å²) >= 11 is 6.10. The molecule has 0 aliphatic carbocycles. The number of nitrogens with two attached hydrogens (primary N) is 1. The third-order valence-electron chi connectivity index (χ3n) is 5.70. The van der Waals surface area contributed by atoms with E-state index in [1.54, 1.807) is 6.92 Å². The van der Waals surface area contributed by atoms with E-state index >= 15 is 0 Å². The fourth-order valence-electron chi connectivity index (χ4n) is 4.05. The summed E-state index contributed by atoms with van der Waals surface area (Å²) in [6.45, 7) is 2.88. The van der Waals surface area contributed by atoms with E-state index in [-0.39, 0.29) is 41.1 Å². The highest BCUT2D eigenvalue weighted by Gasteiger charge is 2.42. The Morgan fingerprint density at radius 2 is 2.03 bits per heavy atom. The number of morpholine rings is 1. The average Bonchev–Trinajstić information content (AvgIpc) is 2.78. The van der Waals surface area contributed by atoms with Gasteiger partial charge in [-0.2, -0.15) is 13.2 Å². The van der Waals surface area contributed by atoms with Gasteiger partial charge in [0, 0.05) is 37.3 Å².